The highest BCUT2D eigenvalue weighted by Crippen LogP contribution is 2.20. The Bertz CT molecular complexity index is 1030. The molecule has 2 amide bonds. The van der Waals surface area contributed by atoms with Crippen molar-refractivity contribution in [1.29, 1.82) is 0 Å². The van der Waals surface area contributed by atoms with E-state index in [0.29, 0.717) is 31.1 Å². The van der Waals surface area contributed by atoms with Crippen LogP contribution in [0.2, 0.25) is 0 Å². The Morgan fingerprint density at radius 2 is 1.87 bits per heavy atom. The molecule has 0 atom stereocenters. The Balaban J connectivity index is 0.000000610. The third kappa shape index (κ3) is 6.98. The van der Waals surface area contributed by atoms with Crippen LogP contribution in [0.1, 0.15) is 39.0 Å². The number of anilines is 3. The smallest absolute Gasteiger partial charge is 0.404 e. The average molecular weight is 425 g/mol. The van der Waals surface area contributed by atoms with Gasteiger partial charge >= 0.3 is 6.09 Å². The minimum atomic E-state index is -1.03. The van der Waals surface area contributed by atoms with Crippen molar-refractivity contribution >= 4 is 40.4 Å². The van der Waals surface area contributed by atoms with Crippen molar-refractivity contribution in [1.82, 2.24) is 19.9 Å². The number of rotatable bonds is 7. The number of aromatic nitrogens is 3. The van der Waals surface area contributed by atoms with Gasteiger partial charge in [0.15, 0.2) is 0 Å². The molecule has 1 aliphatic rings. The summed E-state index contributed by atoms with van der Waals surface area (Å²) in [6.45, 7) is 2.47. The van der Waals surface area contributed by atoms with Crippen molar-refractivity contribution in [3.8, 4) is 0 Å². The standard InChI is InChI=1S/C18H20N6O3.C4H8/c1-12(25)21-14-4-2-5-15(10-14)22-17-20-11-13-6-9-24(16(13)23-17)8-3-7-19-18(26)27;1-2-4-3-1/h2,4-6,9-11,19H,3,7-8H2,1H3,(H,21,25)(H,26,27)(H,20,22,23);1-4H2. The number of amides is 2. The Hall–Kier alpha value is -3.62. The van der Waals surface area contributed by atoms with Crippen molar-refractivity contribution in [3.63, 3.8) is 0 Å². The molecule has 1 aromatic carbocycles. The van der Waals surface area contributed by atoms with Gasteiger partial charge in [-0.3, -0.25) is 4.79 Å². The number of benzene rings is 1. The molecule has 0 radical (unpaired) electrons. The van der Waals surface area contributed by atoms with Gasteiger partial charge in [0.25, 0.3) is 0 Å². The zero-order valence-electron chi connectivity index (χ0n) is 17.6. The first-order chi connectivity index (χ1) is 15.0. The molecule has 1 aliphatic carbocycles. The lowest BCUT2D eigenvalue weighted by Crippen LogP contribution is -2.22. The Labute approximate surface area is 180 Å². The van der Waals surface area contributed by atoms with Crippen LogP contribution < -0.4 is 16.0 Å². The molecule has 3 aromatic rings. The van der Waals surface area contributed by atoms with Crippen molar-refractivity contribution in [2.45, 2.75) is 45.6 Å². The molecule has 4 rings (SSSR count). The van der Waals surface area contributed by atoms with Gasteiger partial charge in [-0.2, -0.15) is 4.98 Å². The second-order valence-electron chi connectivity index (χ2n) is 7.37. The Morgan fingerprint density at radius 3 is 2.55 bits per heavy atom. The van der Waals surface area contributed by atoms with Gasteiger partial charge in [-0.05, 0) is 30.7 Å². The van der Waals surface area contributed by atoms with Crippen LogP contribution in [0.25, 0.3) is 11.0 Å². The van der Waals surface area contributed by atoms with Crippen molar-refractivity contribution in [2.24, 2.45) is 0 Å². The molecule has 0 saturated heterocycles. The summed E-state index contributed by atoms with van der Waals surface area (Å²) in [4.78, 5) is 30.6. The minimum absolute atomic E-state index is 0.139. The van der Waals surface area contributed by atoms with Crippen molar-refractivity contribution < 1.29 is 14.7 Å². The Kier molecular flexibility index (Phi) is 7.80. The van der Waals surface area contributed by atoms with Crippen LogP contribution in [0.5, 0.6) is 0 Å². The maximum Gasteiger partial charge on any atom is 0.404 e. The van der Waals surface area contributed by atoms with Crippen LogP contribution in [-0.4, -0.2) is 38.2 Å². The highest BCUT2D eigenvalue weighted by Gasteiger charge is 2.07. The van der Waals surface area contributed by atoms with Gasteiger partial charge in [0.05, 0.1) is 0 Å². The predicted molar refractivity (Wildman–Crippen MR) is 121 cm³/mol. The van der Waals surface area contributed by atoms with Crippen LogP contribution in [0.4, 0.5) is 22.1 Å². The number of carbonyl (C=O) groups is 2. The molecule has 0 aliphatic heterocycles. The molecule has 0 spiro atoms. The highest BCUT2D eigenvalue weighted by molar-refractivity contribution is 5.89. The van der Waals surface area contributed by atoms with Gasteiger partial charge in [0.1, 0.15) is 5.65 Å². The van der Waals surface area contributed by atoms with E-state index in [-0.39, 0.29) is 5.91 Å². The van der Waals surface area contributed by atoms with Gasteiger partial charge in [0.2, 0.25) is 11.9 Å². The lowest BCUT2D eigenvalue weighted by Gasteiger charge is -2.09. The highest BCUT2D eigenvalue weighted by atomic mass is 16.4. The zero-order chi connectivity index (χ0) is 22.1. The van der Waals surface area contributed by atoms with E-state index in [4.69, 9.17) is 5.11 Å². The van der Waals surface area contributed by atoms with Gasteiger partial charge in [-0.1, -0.05) is 31.7 Å². The van der Waals surface area contributed by atoms with Gasteiger partial charge in [0, 0.05) is 49.2 Å². The maximum atomic E-state index is 11.2. The van der Waals surface area contributed by atoms with Crippen molar-refractivity contribution in [3.05, 3.63) is 42.7 Å². The molecule has 2 heterocycles. The lowest BCUT2D eigenvalue weighted by molar-refractivity contribution is -0.114. The number of carboxylic acid groups (broad SMARTS) is 1. The fraction of sp³-hybridized carbons (Fsp3) is 0.364. The molecule has 2 aromatic heterocycles. The van der Waals surface area contributed by atoms with E-state index < -0.39 is 6.09 Å². The van der Waals surface area contributed by atoms with E-state index >= 15 is 0 Å². The molecule has 1 fully saturated rings. The van der Waals surface area contributed by atoms with E-state index in [0.717, 1.165) is 16.7 Å². The summed E-state index contributed by atoms with van der Waals surface area (Å²) in [5, 5.41) is 17.7. The minimum Gasteiger partial charge on any atom is -0.465 e. The predicted octanol–water partition coefficient (Wildman–Crippen LogP) is 4.35. The van der Waals surface area contributed by atoms with E-state index in [2.05, 4.69) is 25.9 Å². The maximum absolute atomic E-state index is 11.2. The molecule has 0 bridgehead atoms. The summed E-state index contributed by atoms with van der Waals surface area (Å²) in [7, 11) is 0. The summed E-state index contributed by atoms with van der Waals surface area (Å²) < 4.78 is 1.96. The quantitative estimate of drug-likeness (QED) is 0.418. The fourth-order valence-electron chi connectivity index (χ4n) is 2.91. The number of aryl methyl sites for hydroxylation is 1. The first kappa shape index (κ1) is 22.1. The SMILES string of the molecule is C1CCC1.CC(=O)Nc1cccc(Nc2ncc3ccn(CCCNC(=O)O)c3n2)c1. The number of fused-ring (bicyclic) bond motifs is 1. The lowest BCUT2D eigenvalue weighted by atomic mass is 10.0. The third-order valence-electron chi connectivity index (χ3n) is 4.79. The number of hydrogen-bond donors (Lipinski definition) is 4. The molecular formula is C22H28N6O3. The Morgan fingerprint density at radius 1 is 1.13 bits per heavy atom. The largest absolute Gasteiger partial charge is 0.465 e. The number of hydrogen-bond acceptors (Lipinski definition) is 5. The van der Waals surface area contributed by atoms with E-state index in [1.54, 1.807) is 18.3 Å². The average Bonchev–Trinajstić information content (AvgIpc) is 3.06. The van der Waals surface area contributed by atoms with Gasteiger partial charge in [-0.25, -0.2) is 9.78 Å². The first-order valence-electron chi connectivity index (χ1n) is 10.4. The molecule has 31 heavy (non-hydrogen) atoms. The molecule has 4 N–H and O–H groups in total. The van der Waals surface area contributed by atoms with Crippen LogP contribution >= 0.6 is 0 Å². The van der Waals surface area contributed by atoms with Crippen LogP contribution in [0, 0.1) is 0 Å². The molecule has 0 unspecified atom stereocenters. The normalized spacial score (nSPS) is 12.3. The number of nitrogens with zero attached hydrogens (tertiary/aromatic N) is 3. The molecule has 1 saturated carbocycles. The van der Waals surface area contributed by atoms with Crippen molar-refractivity contribution in [2.75, 3.05) is 17.2 Å². The molecular weight excluding hydrogens is 396 g/mol. The zero-order valence-corrected chi connectivity index (χ0v) is 17.6. The van der Waals surface area contributed by atoms with Gasteiger partial charge in [-0.15, -0.1) is 0 Å². The molecule has 9 heteroatoms. The summed E-state index contributed by atoms with van der Waals surface area (Å²) in [6, 6.07) is 9.19. The topological polar surface area (TPSA) is 121 Å². The fourth-order valence-corrected chi connectivity index (χ4v) is 2.91. The van der Waals surface area contributed by atoms with Crippen LogP contribution in [-0.2, 0) is 11.3 Å². The van der Waals surface area contributed by atoms with E-state index in [9.17, 15) is 9.59 Å². The van der Waals surface area contributed by atoms with Crippen LogP contribution in [0.3, 0.4) is 0 Å². The summed E-state index contributed by atoms with van der Waals surface area (Å²) in [5.41, 5.74) is 2.20. The molecule has 164 valence electrons. The van der Waals surface area contributed by atoms with E-state index in [1.807, 2.05) is 29.0 Å². The third-order valence-corrected chi connectivity index (χ3v) is 4.79. The second-order valence-corrected chi connectivity index (χ2v) is 7.37. The summed E-state index contributed by atoms with van der Waals surface area (Å²) in [5.74, 6) is 0.297. The summed E-state index contributed by atoms with van der Waals surface area (Å²) >= 11 is 0. The monoisotopic (exact) mass is 424 g/mol. The van der Waals surface area contributed by atoms with Crippen LogP contribution in [0.15, 0.2) is 42.7 Å². The first-order valence-corrected chi connectivity index (χ1v) is 10.4. The number of carbonyl (C=O) groups excluding carboxylic acids is 1. The number of nitrogens with one attached hydrogen (secondary N) is 3. The summed E-state index contributed by atoms with van der Waals surface area (Å²) in [6.07, 6.45) is 9.26. The van der Waals surface area contributed by atoms with E-state index in [1.165, 1.54) is 32.6 Å². The molecule has 9 nitrogen and oxygen atoms in total. The second kappa shape index (κ2) is 11.0. The van der Waals surface area contributed by atoms with Gasteiger partial charge < -0.3 is 25.6 Å².